The van der Waals surface area contributed by atoms with Crippen molar-refractivity contribution < 1.29 is 19.1 Å². The Morgan fingerprint density at radius 1 is 1.33 bits per heavy atom. The third-order valence-corrected chi connectivity index (χ3v) is 3.67. The number of hydrogen-bond donors (Lipinski definition) is 2. The van der Waals surface area contributed by atoms with Crippen LogP contribution in [0.3, 0.4) is 0 Å². The number of methoxy groups -OCH3 is 1. The summed E-state index contributed by atoms with van der Waals surface area (Å²) in [5.74, 6) is 0.656. The quantitative estimate of drug-likeness (QED) is 0.861. The monoisotopic (exact) mass is 309 g/mol. The van der Waals surface area contributed by atoms with Crippen molar-refractivity contribution in [1.29, 1.82) is 0 Å². The molecule has 2 rings (SSSR count). The molecule has 1 aromatic rings. The van der Waals surface area contributed by atoms with E-state index in [0.717, 1.165) is 16.7 Å². The van der Waals surface area contributed by atoms with Gasteiger partial charge in [0.25, 0.3) is 5.24 Å². The van der Waals surface area contributed by atoms with Gasteiger partial charge >= 0.3 is 6.03 Å². The van der Waals surface area contributed by atoms with Crippen molar-refractivity contribution in [2.75, 3.05) is 31.3 Å². The van der Waals surface area contributed by atoms with Crippen molar-refractivity contribution in [2.45, 2.75) is 0 Å². The summed E-state index contributed by atoms with van der Waals surface area (Å²) < 4.78 is 5.02. The van der Waals surface area contributed by atoms with Crippen LogP contribution >= 0.6 is 11.8 Å². The van der Waals surface area contributed by atoms with Crippen LogP contribution in [0, 0.1) is 0 Å². The average Bonchev–Trinajstić information content (AvgIpc) is 2.80. The first-order chi connectivity index (χ1) is 10.1. The molecule has 8 heteroatoms. The highest BCUT2D eigenvalue weighted by Crippen LogP contribution is 2.17. The predicted octanol–water partition coefficient (Wildman–Crippen LogP) is 1.51. The van der Waals surface area contributed by atoms with Crippen LogP contribution in [0.1, 0.15) is 0 Å². The minimum absolute atomic E-state index is 0.177. The second-order valence-corrected chi connectivity index (χ2v) is 5.14. The van der Waals surface area contributed by atoms with Crippen LogP contribution < -0.4 is 15.4 Å². The maximum Gasteiger partial charge on any atom is 0.319 e. The van der Waals surface area contributed by atoms with Crippen molar-refractivity contribution >= 4 is 34.6 Å². The molecule has 112 valence electrons. The largest absolute Gasteiger partial charge is 0.497 e. The maximum absolute atomic E-state index is 11.7. The van der Waals surface area contributed by atoms with Gasteiger partial charge in [-0.2, -0.15) is 0 Å². The highest BCUT2D eigenvalue weighted by atomic mass is 32.2. The number of rotatable bonds is 5. The van der Waals surface area contributed by atoms with Crippen molar-refractivity contribution in [3.8, 4) is 5.75 Å². The number of anilines is 1. The van der Waals surface area contributed by atoms with Crippen LogP contribution in [0.5, 0.6) is 5.75 Å². The number of nitrogens with one attached hydrogen (secondary N) is 2. The van der Waals surface area contributed by atoms with E-state index in [-0.39, 0.29) is 30.0 Å². The van der Waals surface area contributed by atoms with E-state index < -0.39 is 6.03 Å². The zero-order valence-electron chi connectivity index (χ0n) is 11.4. The summed E-state index contributed by atoms with van der Waals surface area (Å²) in [6.45, 7) is 0.390. The Kier molecular flexibility index (Phi) is 5.04. The van der Waals surface area contributed by atoms with E-state index in [1.807, 2.05) is 0 Å². The molecule has 1 aliphatic heterocycles. The Morgan fingerprint density at radius 3 is 2.62 bits per heavy atom. The van der Waals surface area contributed by atoms with E-state index in [1.54, 1.807) is 31.4 Å². The van der Waals surface area contributed by atoms with Gasteiger partial charge in [0, 0.05) is 18.8 Å². The molecular weight excluding hydrogens is 294 g/mol. The number of hydrogen-bond acceptors (Lipinski definition) is 5. The van der Waals surface area contributed by atoms with Crippen LogP contribution in [0.25, 0.3) is 0 Å². The highest BCUT2D eigenvalue weighted by Gasteiger charge is 2.29. The van der Waals surface area contributed by atoms with Gasteiger partial charge in [-0.15, -0.1) is 0 Å². The molecule has 1 saturated heterocycles. The molecular formula is C13H15N3O4S. The lowest BCUT2D eigenvalue weighted by Gasteiger charge is -2.13. The fourth-order valence-corrected chi connectivity index (χ4v) is 2.48. The smallest absolute Gasteiger partial charge is 0.319 e. The Hall–Kier alpha value is -2.22. The van der Waals surface area contributed by atoms with Gasteiger partial charge in [0.05, 0.1) is 12.9 Å². The predicted molar refractivity (Wildman–Crippen MR) is 79.6 cm³/mol. The topological polar surface area (TPSA) is 87.7 Å². The molecule has 2 N–H and O–H groups in total. The summed E-state index contributed by atoms with van der Waals surface area (Å²) in [5.41, 5.74) is 0.622. The Bertz CT molecular complexity index is 531. The van der Waals surface area contributed by atoms with Gasteiger partial charge in [-0.05, 0) is 24.3 Å². The third kappa shape index (κ3) is 4.12. The standard InChI is InChI=1S/C13H15N3O4S/c1-20-10-4-2-9(3-5-10)15-12(18)14-6-7-16-11(17)8-21-13(16)19/h2-5H,6-8H2,1H3,(H2,14,15,18). The average molecular weight is 309 g/mol. The summed E-state index contributed by atoms with van der Waals surface area (Å²) in [4.78, 5) is 35.5. The highest BCUT2D eigenvalue weighted by molar-refractivity contribution is 8.14. The van der Waals surface area contributed by atoms with E-state index in [2.05, 4.69) is 10.6 Å². The molecule has 0 spiro atoms. The molecule has 7 nitrogen and oxygen atoms in total. The van der Waals surface area contributed by atoms with Crippen molar-refractivity contribution in [2.24, 2.45) is 0 Å². The number of urea groups is 1. The van der Waals surface area contributed by atoms with Crippen LogP contribution in [-0.4, -0.2) is 48.0 Å². The number of carbonyl (C=O) groups is 3. The lowest BCUT2D eigenvalue weighted by molar-refractivity contribution is -0.124. The summed E-state index contributed by atoms with van der Waals surface area (Å²) >= 11 is 0.976. The Labute approximate surface area is 126 Å². The SMILES string of the molecule is COc1ccc(NC(=O)NCCN2C(=O)CSC2=O)cc1. The molecule has 0 radical (unpaired) electrons. The molecule has 1 aliphatic rings. The third-order valence-electron chi connectivity index (χ3n) is 2.81. The van der Waals surface area contributed by atoms with Gasteiger partial charge in [0.15, 0.2) is 0 Å². The minimum atomic E-state index is -0.396. The number of carbonyl (C=O) groups excluding carboxylic acids is 3. The van der Waals surface area contributed by atoms with E-state index in [1.165, 1.54) is 0 Å². The Balaban J connectivity index is 1.74. The van der Waals surface area contributed by atoms with Gasteiger partial charge < -0.3 is 15.4 Å². The number of amides is 4. The van der Waals surface area contributed by atoms with Gasteiger partial charge in [-0.1, -0.05) is 11.8 Å². The fraction of sp³-hybridized carbons (Fsp3) is 0.308. The molecule has 0 saturated carbocycles. The van der Waals surface area contributed by atoms with Crippen molar-refractivity contribution in [3.05, 3.63) is 24.3 Å². The zero-order valence-corrected chi connectivity index (χ0v) is 12.2. The normalized spacial score (nSPS) is 14.2. The number of imide groups is 1. The van der Waals surface area contributed by atoms with Crippen LogP contribution in [0.15, 0.2) is 24.3 Å². The molecule has 1 aromatic carbocycles. The summed E-state index contributed by atoms with van der Waals surface area (Å²) in [5, 5.41) is 4.97. The summed E-state index contributed by atoms with van der Waals surface area (Å²) in [6, 6.07) is 6.49. The molecule has 4 amide bonds. The number of benzene rings is 1. The summed E-state index contributed by atoms with van der Waals surface area (Å²) in [6.07, 6.45) is 0. The maximum atomic E-state index is 11.7. The van der Waals surface area contributed by atoms with Gasteiger partial charge in [0.1, 0.15) is 5.75 Å². The molecule has 1 fully saturated rings. The molecule has 0 aromatic heterocycles. The molecule has 1 heterocycles. The summed E-state index contributed by atoms with van der Waals surface area (Å²) in [7, 11) is 1.56. The van der Waals surface area contributed by atoms with Gasteiger partial charge in [-0.3, -0.25) is 14.5 Å². The second kappa shape index (κ2) is 6.98. The van der Waals surface area contributed by atoms with E-state index in [9.17, 15) is 14.4 Å². The molecule has 0 atom stereocenters. The minimum Gasteiger partial charge on any atom is -0.497 e. The van der Waals surface area contributed by atoms with E-state index in [4.69, 9.17) is 4.74 Å². The second-order valence-electron chi connectivity index (χ2n) is 4.21. The number of ether oxygens (including phenoxy) is 1. The lowest BCUT2D eigenvalue weighted by Crippen LogP contribution is -2.38. The Morgan fingerprint density at radius 2 is 2.05 bits per heavy atom. The van der Waals surface area contributed by atoms with Crippen LogP contribution in [0.2, 0.25) is 0 Å². The van der Waals surface area contributed by atoms with Crippen LogP contribution in [-0.2, 0) is 4.79 Å². The van der Waals surface area contributed by atoms with Gasteiger partial charge in [0.2, 0.25) is 5.91 Å². The lowest BCUT2D eigenvalue weighted by atomic mass is 10.3. The first-order valence-electron chi connectivity index (χ1n) is 6.26. The molecule has 0 unspecified atom stereocenters. The van der Waals surface area contributed by atoms with Crippen LogP contribution in [0.4, 0.5) is 15.3 Å². The van der Waals surface area contributed by atoms with E-state index in [0.29, 0.717) is 11.4 Å². The van der Waals surface area contributed by atoms with Gasteiger partial charge in [-0.25, -0.2) is 4.79 Å². The van der Waals surface area contributed by atoms with Crippen molar-refractivity contribution in [3.63, 3.8) is 0 Å². The molecule has 21 heavy (non-hydrogen) atoms. The van der Waals surface area contributed by atoms with E-state index >= 15 is 0 Å². The molecule has 0 aliphatic carbocycles. The fourth-order valence-electron chi connectivity index (χ4n) is 1.73. The zero-order chi connectivity index (χ0) is 15.2. The number of nitrogens with zero attached hydrogens (tertiary/aromatic N) is 1. The number of thioether (sulfide) groups is 1. The molecule has 0 bridgehead atoms. The van der Waals surface area contributed by atoms with Crippen molar-refractivity contribution in [1.82, 2.24) is 10.2 Å². The first kappa shape index (κ1) is 15.2. The first-order valence-corrected chi connectivity index (χ1v) is 7.25.